The van der Waals surface area contributed by atoms with E-state index in [2.05, 4.69) is 21.2 Å². The van der Waals surface area contributed by atoms with Crippen LogP contribution in [0.25, 0.3) is 0 Å². The van der Waals surface area contributed by atoms with Gasteiger partial charge in [-0.2, -0.15) is 0 Å². The fourth-order valence-corrected chi connectivity index (χ4v) is 2.70. The second kappa shape index (κ2) is 8.84. The van der Waals surface area contributed by atoms with Gasteiger partial charge in [0.05, 0.1) is 0 Å². The van der Waals surface area contributed by atoms with Crippen molar-refractivity contribution >= 4 is 44.9 Å². The Bertz CT molecular complexity index is 939. The highest BCUT2D eigenvalue weighted by Gasteiger charge is 2.08. The lowest BCUT2D eigenvalue weighted by molar-refractivity contribution is 0.0921. The van der Waals surface area contributed by atoms with Gasteiger partial charge < -0.3 is 10.1 Å². The van der Waals surface area contributed by atoms with Gasteiger partial charge in [0.1, 0.15) is 5.75 Å². The van der Waals surface area contributed by atoms with Gasteiger partial charge in [0.25, 0.3) is 5.91 Å². The Balaban J connectivity index is 1.55. The van der Waals surface area contributed by atoms with Crippen LogP contribution < -0.4 is 10.1 Å². The average molecular weight is 445 g/mol. The summed E-state index contributed by atoms with van der Waals surface area (Å²) in [6, 6.07) is 20.6. The number of ether oxygens (including phenoxy) is 1. The minimum absolute atomic E-state index is 0.0772. The van der Waals surface area contributed by atoms with Gasteiger partial charge in [-0.15, -0.1) is 0 Å². The topological polar surface area (TPSA) is 55.4 Å². The van der Waals surface area contributed by atoms with Crippen molar-refractivity contribution in [3.8, 4) is 5.75 Å². The molecule has 0 atom stereocenters. The summed E-state index contributed by atoms with van der Waals surface area (Å²) in [4.78, 5) is 24.3. The third-order valence-electron chi connectivity index (χ3n) is 3.75. The number of carbonyl (C=O) groups excluding carboxylic acids is 2. The summed E-state index contributed by atoms with van der Waals surface area (Å²) in [6.07, 6.45) is 0. The lowest BCUT2D eigenvalue weighted by Gasteiger charge is -2.08. The van der Waals surface area contributed by atoms with Gasteiger partial charge in [-0.05, 0) is 72.8 Å². The summed E-state index contributed by atoms with van der Waals surface area (Å²) < 4.78 is 6.42. The van der Waals surface area contributed by atoms with E-state index in [-0.39, 0.29) is 18.3 Å². The highest BCUT2D eigenvalue weighted by atomic mass is 79.9. The summed E-state index contributed by atoms with van der Waals surface area (Å²) in [5.74, 6) is 0.201. The molecule has 1 N–H and O–H groups in total. The predicted octanol–water partition coefficient (Wildman–Crippen LogP) is 5.62. The zero-order chi connectivity index (χ0) is 19.2. The maximum atomic E-state index is 12.2. The summed E-state index contributed by atoms with van der Waals surface area (Å²) in [5.41, 5.74) is 1.74. The lowest BCUT2D eigenvalue weighted by Crippen LogP contribution is -2.12. The van der Waals surface area contributed by atoms with Crippen LogP contribution in [-0.2, 0) is 0 Å². The van der Waals surface area contributed by atoms with Crippen LogP contribution in [0.3, 0.4) is 0 Å². The van der Waals surface area contributed by atoms with Crippen LogP contribution in [0, 0.1) is 0 Å². The highest BCUT2D eigenvalue weighted by Crippen LogP contribution is 2.18. The molecule has 4 nitrogen and oxygen atoms in total. The molecule has 0 heterocycles. The number of benzene rings is 3. The van der Waals surface area contributed by atoms with E-state index in [9.17, 15) is 9.59 Å². The monoisotopic (exact) mass is 443 g/mol. The number of amides is 1. The van der Waals surface area contributed by atoms with Crippen LogP contribution in [0.2, 0.25) is 5.02 Å². The molecule has 0 fully saturated rings. The number of ketones is 1. The van der Waals surface area contributed by atoms with Crippen LogP contribution >= 0.6 is 27.5 Å². The van der Waals surface area contributed by atoms with Crippen LogP contribution in [0.1, 0.15) is 20.7 Å². The maximum Gasteiger partial charge on any atom is 0.255 e. The van der Waals surface area contributed by atoms with Crippen molar-refractivity contribution in [1.82, 2.24) is 0 Å². The number of anilines is 1. The molecule has 136 valence electrons. The van der Waals surface area contributed by atoms with E-state index >= 15 is 0 Å². The third-order valence-corrected chi connectivity index (χ3v) is 4.54. The van der Waals surface area contributed by atoms with E-state index in [1.54, 1.807) is 60.7 Å². The quantitative estimate of drug-likeness (QED) is 0.502. The number of Topliss-reactive ketones (excluding diaryl/α,β-unsaturated/α-hetero) is 1. The van der Waals surface area contributed by atoms with Crippen LogP contribution in [-0.4, -0.2) is 18.3 Å². The Labute approximate surface area is 170 Å². The minimum atomic E-state index is -0.200. The molecule has 0 radical (unpaired) electrons. The number of rotatable bonds is 6. The molecule has 0 unspecified atom stereocenters. The Morgan fingerprint density at radius 3 is 2.07 bits per heavy atom. The standard InChI is InChI=1S/C21H15BrClNO3/c22-16-5-1-15(2-6-16)21(26)24-18-9-11-19(12-10-18)27-13-20(25)14-3-7-17(23)8-4-14/h1-12H,13H2,(H,24,26). The first kappa shape index (κ1) is 19.1. The first-order valence-electron chi connectivity index (χ1n) is 8.10. The van der Waals surface area contributed by atoms with Crippen molar-refractivity contribution in [2.45, 2.75) is 0 Å². The molecule has 0 saturated carbocycles. The van der Waals surface area contributed by atoms with E-state index in [4.69, 9.17) is 16.3 Å². The lowest BCUT2D eigenvalue weighted by atomic mass is 10.1. The van der Waals surface area contributed by atoms with Crippen molar-refractivity contribution in [3.63, 3.8) is 0 Å². The van der Waals surface area contributed by atoms with Crippen LogP contribution in [0.4, 0.5) is 5.69 Å². The molecule has 0 aliphatic carbocycles. The van der Waals surface area contributed by atoms with Crippen molar-refractivity contribution in [2.75, 3.05) is 11.9 Å². The Hall–Kier alpha value is -2.63. The summed E-state index contributed by atoms with van der Waals surface area (Å²) in [7, 11) is 0. The molecule has 3 aromatic carbocycles. The predicted molar refractivity (Wildman–Crippen MR) is 110 cm³/mol. The van der Waals surface area contributed by atoms with Crippen molar-refractivity contribution in [3.05, 3.63) is 93.4 Å². The first-order valence-corrected chi connectivity index (χ1v) is 9.27. The molecular formula is C21H15BrClNO3. The normalized spacial score (nSPS) is 10.3. The molecule has 0 spiro atoms. The van der Waals surface area contributed by atoms with Gasteiger partial charge >= 0.3 is 0 Å². The second-order valence-corrected chi connectivity index (χ2v) is 7.06. The smallest absolute Gasteiger partial charge is 0.255 e. The van der Waals surface area contributed by atoms with Gasteiger partial charge in [-0.3, -0.25) is 9.59 Å². The summed E-state index contributed by atoms with van der Waals surface area (Å²) in [6.45, 7) is -0.0772. The van der Waals surface area contributed by atoms with Gasteiger partial charge in [-0.1, -0.05) is 27.5 Å². The van der Waals surface area contributed by atoms with Gasteiger partial charge in [0, 0.05) is 26.3 Å². The molecule has 1 amide bonds. The Kier molecular flexibility index (Phi) is 6.27. The van der Waals surface area contributed by atoms with Gasteiger partial charge in [0.15, 0.2) is 12.4 Å². The van der Waals surface area contributed by atoms with E-state index < -0.39 is 0 Å². The van der Waals surface area contributed by atoms with E-state index in [1.165, 1.54) is 0 Å². The van der Waals surface area contributed by atoms with E-state index in [1.807, 2.05) is 12.1 Å². The molecule has 0 saturated heterocycles. The van der Waals surface area contributed by atoms with Gasteiger partial charge in [-0.25, -0.2) is 0 Å². The molecule has 6 heteroatoms. The SMILES string of the molecule is O=C(COc1ccc(NC(=O)c2ccc(Br)cc2)cc1)c1ccc(Cl)cc1. The maximum absolute atomic E-state index is 12.2. The Morgan fingerprint density at radius 2 is 1.44 bits per heavy atom. The molecule has 0 aliphatic heterocycles. The zero-order valence-electron chi connectivity index (χ0n) is 14.1. The largest absolute Gasteiger partial charge is 0.485 e. The number of halogens is 2. The van der Waals surface area contributed by atoms with Crippen LogP contribution in [0.5, 0.6) is 5.75 Å². The average Bonchev–Trinajstić information content (AvgIpc) is 2.68. The van der Waals surface area contributed by atoms with E-state index in [0.717, 1.165) is 4.47 Å². The number of hydrogen-bond donors (Lipinski definition) is 1. The fraction of sp³-hybridized carbons (Fsp3) is 0.0476. The zero-order valence-corrected chi connectivity index (χ0v) is 16.5. The number of nitrogens with one attached hydrogen (secondary N) is 1. The van der Waals surface area contributed by atoms with Crippen LogP contribution in [0.15, 0.2) is 77.3 Å². The molecule has 3 aromatic rings. The minimum Gasteiger partial charge on any atom is -0.485 e. The molecular weight excluding hydrogens is 430 g/mol. The molecule has 0 aromatic heterocycles. The summed E-state index contributed by atoms with van der Waals surface area (Å²) >= 11 is 9.15. The molecule has 3 rings (SSSR count). The second-order valence-electron chi connectivity index (χ2n) is 5.70. The number of hydrogen-bond acceptors (Lipinski definition) is 3. The third kappa shape index (κ3) is 5.42. The highest BCUT2D eigenvalue weighted by molar-refractivity contribution is 9.10. The number of carbonyl (C=O) groups is 2. The fourth-order valence-electron chi connectivity index (χ4n) is 2.31. The van der Waals surface area contributed by atoms with Crippen molar-refractivity contribution < 1.29 is 14.3 Å². The van der Waals surface area contributed by atoms with Crippen molar-refractivity contribution in [2.24, 2.45) is 0 Å². The van der Waals surface area contributed by atoms with Gasteiger partial charge in [0.2, 0.25) is 0 Å². The van der Waals surface area contributed by atoms with Crippen molar-refractivity contribution in [1.29, 1.82) is 0 Å². The Morgan fingerprint density at radius 1 is 0.852 bits per heavy atom. The molecule has 0 bridgehead atoms. The molecule has 27 heavy (non-hydrogen) atoms. The molecule has 0 aliphatic rings. The summed E-state index contributed by atoms with van der Waals surface area (Å²) in [5, 5.41) is 3.39. The van der Waals surface area contributed by atoms with E-state index in [0.29, 0.717) is 27.6 Å². The first-order chi connectivity index (χ1) is 13.0.